The van der Waals surface area contributed by atoms with E-state index in [9.17, 15) is 13.2 Å². The second kappa shape index (κ2) is 8.39. The van der Waals surface area contributed by atoms with E-state index in [-0.39, 0.29) is 18.3 Å². The third-order valence-electron chi connectivity index (χ3n) is 3.63. The average molecular weight is 372 g/mol. The van der Waals surface area contributed by atoms with Crippen LogP contribution in [-0.2, 0) is 19.6 Å². The fourth-order valence-corrected chi connectivity index (χ4v) is 3.50. The summed E-state index contributed by atoms with van der Waals surface area (Å²) in [5.41, 5.74) is 0.362. The molecule has 1 amide bonds. The number of carbonyl (C=O) groups is 1. The van der Waals surface area contributed by atoms with E-state index in [1.807, 2.05) is 0 Å². The molecule has 2 rings (SSSR count). The molecule has 1 aromatic rings. The Morgan fingerprint density at radius 1 is 1.32 bits per heavy atom. The zero-order valence-electron chi connectivity index (χ0n) is 14.6. The molecule has 0 spiro atoms. The molecule has 0 bridgehead atoms. The van der Waals surface area contributed by atoms with Gasteiger partial charge in [0.2, 0.25) is 15.9 Å². The van der Waals surface area contributed by atoms with Crippen molar-refractivity contribution in [2.45, 2.75) is 19.9 Å². The quantitative estimate of drug-likeness (QED) is 0.724. The fourth-order valence-electron chi connectivity index (χ4n) is 2.44. The molecule has 1 aliphatic heterocycles. The molecule has 0 saturated carbocycles. The Hall–Kier alpha value is -2.00. The highest BCUT2D eigenvalue weighted by Crippen LogP contribution is 2.34. The smallest absolute Gasteiger partial charge is 0.241 e. The number of ether oxygens (including phenoxy) is 3. The predicted molar refractivity (Wildman–Crippen MR) is 93.7 cm³/mol. The van der Waals surface area contributed by atoms with Crippen LogP contribution in [0.1, 0.15) is 13.8 Å². The number of sulfonamides is 1. The first-order valence-corrected chi connectivity index (χ1v) is 9.66. The van der Waals surface area contributed by atoms with E-state index in [4.69, 9.17) is 14.2 Å². The number of amides is 1. The monoisotopic (exact) mass is 372 g/mol. The highest BCUT2D eigenvalue weighted by Gasteiger charge is 2.25. The topological polar surface area (TPSA) is 94.2 Å². The molecule has 25 heavy (non-hydrogen) atoms. The van der Waals surface area contributed by atoms with Crippen molar-refractivity contribution in [1.29, 1.82) is 0 Å². The van der Waals surface area contributed by atoms with Crippen molar-refractivity contribution in [3.8, 4) is 11.5 Å². The SMILES string of the molecule is CCS(=O)(=O)N(CC(=O)NC(C)COC)c1ccc2c(c1)OCCO2. The molecular formula is C16H24N2O6S. The number of nitrogens with zero attached hydrogens (tertiary/aromatic N) is 1. The molecule has 1 aromatic carbocycles. The van der Waals surface area contributed by atoms with E-state index in [0.717, 1.165) is 4.31 Å². The minimum atomic E-state index is -3.64. The van der Waals surface area contributed by atoms with Gasteiger partial charge in [-0.2, -0.15) is 0 Å². The van der Waals surface area contributed by atoms with Crippen molar-refractivity contribution < 1.29 is 27.4 Å². The van der Waals surface area contributed by atoms with Crippen LogP contribution in [0.4, 0.5) is 5.69 Å². The van der Waals surface area contributed by atoms with Crippen molar-refractivity contribution >= 4 is 21.6 Å². The van der Waals surface area contributed by atoms with Crippen LogP contribution < -0.4 is 19.1 Å². The Bertz CT molecular complexity index is 707. The van der Waals surface area contributed by atoms with E-state index in [1.165, 1.54) is 14.0 Å². The number of rotatable bonds is 8. The number of benzene rings is 1. The molecule has 1 N–H and O–H groups in total. The summed E-state index contributed by atoms with van der Waals surface area (Å²) < 4.78 is 41.9. The van der Waals surface area contributed by atoms with Crippen LogP contribution in [0, 0.1) is 0 Å². The molecule has 1 aliphatic rings. The molecule has 0 radical (unpaired) electrons. The molecule has 1 heterocycles. The standard InChI is InChI=1S/C16H24N2O6S/c1-4-25(20,21)18(10-16(19)17-12(2)11-22-3)13-5-6-14-15(9-13)24-8-7-23-14/h5-6,9,12H,4,7-8,10-11H2,1-3H3,(H,17,19). The average Bonchev–Trinajstić information content (AvgIpc) is 2.59. The van der Waals surface area contributed by atoms with Crippen LogP contribution in [0.2, 0.25) is 0 Å². The second-order valence-electron chi connectivity index (χ2n) is 5.66. The first-order chi connectivity index (χ1) is 11.9. The lowest BCUT2D eigenvalue weighted by Crippen LogP contribution is -2.45. The zero-order valence-corrected chi connectivity index (χ0v) is 15.5. The summed E-state index contributed by atoms with van der Waals surface area (Å²) in [6, 6.07) is 4.61. The van der Waals surface area contributed by atoms with Gasteiger partial charge in [0.25, 0.3) is 0 Å². The van der Waals surface area contributed by atoms with Gasteiger partial charge in [-0.05, 0) is 26.0 Å². The van der Waals surface area contributed by atoms with Gasteiger partial charge < -0.3 is 19.5 Å². The first kappa shape index (κ1) is 19.3. The number of methoxy groups -OCH3 is 1. The lowest BCUT2D eigenvalue weighted by molar-refractivity contribution is -0.120. The number of hydrogen-bond donors (Lipinski definition) is 1. The summed E-state index contributed by atoms with van der Waals surface area (Å²) in [4.78, 5) is 12.2. The molecule has 9 heteroatoms. The Kier molecular flexibility index (Phi) is 6.49. The van der Waals surface area contributed by atoms with Crippen LogP contribution in [0.15, 0.2) is 18.2 Å². The lowest BCUT2D eigenvalue weighted by atomic mass is 10.2. The van der Waals surface area contributed by atoms with Gasteiger partial charge in [0, 0.05) is 19.2 Å². The summed E-state index contributed by atoms with van der Waals surface area (Å²) in [5.74, 6) is 0.495. The van der Waals surface area contributed by atoms with Crippen molar-refractivity contribution in [2.24, 2.45) is 0 Å². The zero-order chi connectivity index (χ0) is 18.4. The molecule has 0 aliphatic carbocycles. The Labute approximate surface area is 148 Å². The third kappa shape index (κ3) is 4.99. The molecule has 1 unspecified atom stereocenters. The number of hydrogen-bond acceptors (Lipinski definition) is 6. The number of anilines is 1. The van der Waals surface area contributed by atoms with Crippen molar-refractivity contribution in [1.82, 2.24) is 5.32 Å². The van der Waals surface area contributed by atoms with Crippen molar-refractivity contribution in [3.63, 3.8) is 0 Å². The largest absolute Gasteiger partial charge is 0.486 e. The fraction of sp³-hybridized carbons (Fsp3) is 0.562. The Balaban J connectivity index is 2.23. The van der Waals surface area contributed by atoms with Gasteiger partial charge in [-0.3, -0.25) is 9.10 Å². The van der Waals surface area contributed by atoms with Crippen LogP contribution >= 0.6 is 0 Å². The van der Waals surface area contributed by atoms with Gasteiger partial charge in [-0.1, -0.05) is 0 Å². The lowest BCUT2D eigenvalue weighted by Gasteiger charge is -2.26. The first-order valence-electron chi connectivity index (χ1n) is 8.05. The molecule has 0 fully saturated rings. The van der Waals surface area contributed by atoms with Gasteiger partial charge in [-0.15, -0.1) is 0 Å². The van der Waals surface area contributed by atoms with E-state index >= 15 is 0 Å². The minimum absolute atomic E-state index is 0.123. The molecule has 1 atom stereocenters. The molecule has 0 saturated heterocycles. The van der Waals surface area contributed by atoms with Gasteiger partial charge >= 0.3 is 0 Å². The number of nitrogens with one attached hydrogen (secondary N) is 1. The molecule has 0 aromatic heterocycles. The predicted octanol–water partition coefficient (Wildman–Crippen LogP) is 0.765. The summed E-state index contributed by atoms with van der Waals surface area (Å²) in [5, 5.41) is 2.71. The summed E-state index contributed by atoms with van der Waals surface area (Å²) in [6.07, 6.45) is 0. The summed E-state index contributed by atoms with van der Waals surface area (Å²) in [7, 11) is -2.10. The van der Waals surface area contributed by atoms with Crippen LogP contribution in [0.25, 0.3) is 0 Å². The second-order valence-corrected chi connectivity index (χ2v) is 7.84. The highest BCUT2D eigenvalue weighted by molar-refractivity contribution is 7.92. The van der Waals surface area contributed by atoms with E-state index in [1.54, 1.807) is 25.1 Å². The summed E-state index contributed by atoms with van der Waals surface area (Å²) in [6.45, 7) is 4.19. The van der Waals surface area contributed by atoms with Crippen LogP contribution in [-0.4, -0.2) is 59.6 Å². The Morgan fingerprint density at radius 3 is 2.64 bits per heavy atom. The Morgan fingerprint density at radius 2 is 2.00 bits per heavy atom. The van der Waals surface area contributed by atoms with E-state index in [0.29, 0.717) is 37.0 Å². The summed E-state index contributed by atoms with van der Waals surface area (Å²) >= 11 is 0. The van der Waals surface area contributed by atoms with Gasteiger partial charge in [0.05, 0.1) is 18.0 Å². The van der Waals surface area contributed by atoms with E-state index < -0.39 is 15.9 Å². The minimum Gasteiger partial charge on any atom is -0.486 e. The van der Waals surface area contributed by atoms with Crippen molar-refractivity contribution in [3.05, 3.63) is 18.2 Å². The maximum Gasteiger partial charge on any atom is 0.241 e. The third-order valence-corrected chi connectivity index (χ3v) is 5.37. The number of fused-ring (bicyclic) bond motifs is 1. The van der Waals surface area contributed by atoms with Gasteiger partial charge in [0.15, 0.2) is 11.5 Å². The van der Waals surface area contributed by atoms with Crippen LogP contribution in [0.5, 0.6) is 11.5 Å². The molecular weight excluding hydrogens is 348 g/mol. The van der Waals surface area contributed by atoms with E-state index in [2.05, 4.69) is 5.32 Å². The number of carbonyl (C=O) groups excluding carboxylic acids is 1. The highest BCUT2D eigenvalue weighted by atomic mass is 32.2. The normalized spacial score (nSPS) is 14.7. The maximum absolute atomic E-state index is 12.5. The van der Waals surface area contributed by atoms with Gasteiger partial charge in [-0.25, -0.2) is 8.42 Å². The van der Waals surface area contributed by atoms with Crippen molar-refractivity contribution in [2.75, 3.05) is 43.5 Å². The maximum atomic E-state index is 12.5. The molecule has 8 nitrogen and oxygen atoms in total. The van der Waals surface area contributed by atoms with Crippen LogP contribution in [0.3, 0.4) is 0 Å². The van der Waals surface area contributed by atoms with Gasteiger partial charge in [0.1, 0.15) is 19.8 Å². The molecule has 140 valence electrons.